The summed E-state index contributed by atoms with van der Waals surface area (Å²) < 4.78 is 17.2. The highest BCUT2D eigenvalue weighted by Gasteiger charge is 2.83. The van der Waals surface area contributed by atoms with Crippen LogP contribution in [0.1, 0.15) is 27.2 Å². The minimum Gasteiger partial charge on any atom is -0.453 e. The number of hydrogen-bond donors (Lipinski definition) is 2. The van der Waals surface area contributed by atoms with Crippen LogP contribution in [-0.4, -0.2) is 65.2 Å². The molecule has 7 unspecified atom stereocenters. The largest absolute Gasteiger partial charge is 0.453 e. The number of epoxide rings is 1. The molecule has 2 aliphatic carbocycles. The predicted molar refractivity (Wildman–Crippen MR) is 79.9 cm³/mol. The molecule has 0 amide bonds. The quantitative estimate of drug-likeness (QED) is 0.527. The van der Waals surface area contributed by atoms with Gasteiger partial charge in [-0.25, -0.2) is 0 Å². The van der Waals surface area contributed by atoms with E-state index in [0.29, 0.717) is 18.6 Å². The van der Waals surface area contributed by atoms with Crippen LogP contribution in [0.2, 0.25) is 0 Å². The third kappa shape index (κ3) is 1.57. The molecule has 1 spiro atoms. The van der Waals surface area contributed by atoms with Gasteiger partial charge >= 0.3 is 5.97 Å². The number of ketones is 1. The summed E-state index contributed by atoms with van der Waals surface area (Å²) in [5, 5.41) is 20.9. The van der Waals surface area contributed by atoms with Gasteiger partial charge in [-0.1, -0.05) is 6.92 Å². The molecular weight excluding hydrogens is 316 g/mol. The highest BCUT2D eigenvalue weighted by atomic mass is 16.6. The highest BCUT2D eigenvalue weighted by molar-refractivity contribution is 6.01. The van der Waals surface area contributed by atoms with Gasteiger partial charge in [0.15, 0.2) is 11.9 Å². The maximum Gasteiger partial charge on any atom is 0.303 e. The summed E-state index contributed by atoms with van der Waals surface area (Å²) in [5.74, 6) is -0.930. The molecule has 7 atom stereocenters. The van der Waals surface area contributed by atoms with E-state index in [2.05, 4.69) is 0 Å². The van der Waals surface area contributed by atoms with Crippen LogP contribution in [0, 0.1) is 10.8 Å². The standard InChI is InChI=1S/C17H22O7/c1-8-4-11-16(6-18,14(12(8)21)23-9(2)19)15(3)5-10(20)13(24-11)17(15)7-22-17/h4,10-11,13-14,18,20H,5-7H2,1-3H3. The third-order valence-corrected chi connectivity index (χ3v) is 6.69. The Balaban J connectivity index is 1.93. The van der Waals surface area contributed by atoms with Crippen LogP contribution in [0.4, 0.5) is 0 Å². The summed E-state index contributed by atoms with van der Waals surface area (Å²) in [6.07, 6.45) is -1.07. The zero-order valence-corrected chi connectivity index (χ0v) is 13.9. The lowest BCUT2D eigenvalue weighted by molar-refractivity contribution is -0.248. The van der Waals surface area contributed by atoms with Crippen molar-refractivity contribution in [2.24, 2.45) is 10.8 Å². The summed E-state index contributed by atoms with van der Waals surface area (Å²) in [7, 11) is 0. The van der Waals surface area contributed by atoms with Gasteiger partial charge in [0.2, 0.25) is 0 Å². The molecule has 7 nitrogen and oxygen atoms in total. The number of carbonyl (C=O) groups excluding carboxylic acids is 2. The molecule has 2 heterocycles. The van der Waals surface area contributed by atoms with E-state index in [1.54, 1.807) is 13.0 Å². The summed E-state index contributed by atoms with van der Waals surface area (Å²) in [4.78, 5) is 24.4. The first-order chi connectivity index (χ1) is 11.2. The van der Waals surface area contributed by atoms with Gasteiger partial charge in [-0.3, -0.25) is 9.59 Å². The molecule has 2 N–H and O–H groups in total. The molecule has 0 aromatic carbocycles. The zero-order valence-electron chi connectivity index (χ0n) is 13.9. The Kier molecular flexibility index (Phi) is 3.15. The van der Waals surface area contributed by atoms with E-state index in [0.717, 1.165) is 0 Å². The van der Waals surface area contributed by atoms with Crippen LogP contribution in [0.3, 0.4) is 0 Å². The molecule has 0 radical (unpaired) electrons. The SMILES string of the molecule is CC(=O)OC1C(=O)C(C)=CC2OC3C(O)CC(C)(C34CO4)C21CO. The van der Waals surface area contributed by atoms with Crippen molar-refractivity contribution >= 4 is 11.8 Å². The lowest BCUT2D eigenvalue weighted by Gasteiger charge is -2.58. The number of carbonyl (C=O) groups is 2. The molecule has 2 bridgehead atoms. The predicted octanol–water partition coefficient (Wildman–Crippen LogP) is -0.267. The molecule has 132 valence electrons. The van der Waals surface area contributed by atoms with Gasteiger partial charge in [0.05, 0.1) is 30.8 Å². The first-order valence-corrected chi connectivity index (χ1v) is 8.22. The Morgan fingerprint density at radius 3 is 2.71 bits per heavy atom. The molecule has 2 saturated heterocycles. The van der Waals surface area contributed by atoms with Gasteiger partial charge in [-0.2, -0.15) is 0 Å². The van der Waals surface area contributed by atoms with E-state index in [9.17, 15) is 19.8 Å². The van der Waals surface area contributed by atoms with E-state index in [4.69, 9.17) is 14.2 Å². The summed E-state index contributed by atoms with van der Waals surface area (Å²) in [5.41, 5.74) is -2.25. The molecule has 24 heavy (non-hydrogen) atoms. The lowest BCUT2D eigenvalue weighted by atomic mass is 9.50. The number of aliphatic hydroxyl groups excluding tert-OH is 2. The summed E-state index contributed by atoms with van der Waals surface area (Å²) in [6.45, 7) is 4.76. The van der Waals surface area contributed by atoms with Gasteiger partial charge in [0.1, 0.15) is 11.7 Å². The van der Waals surface area contributed by atoms with Crippen molar-refractivity contribution < 1.29 is 34.0 Å². The molecule has 2 aliphatic heterocycles. The van der Waals surface area contributed by atoms with Crippen molar-refractivity contribution in [1.82, 2.24) is 0 Å². The van der Waals surface area contributed by atoms with E-state index < -0.39 is 53.4 Å². The van der Waals surface area contributed by atoms with Crippen LogP contribution < -0.4 is 0 Å². The molecule has 7 heteroatoms. The fourth-order valence-corrected chi connectivity index (χ4v) is 5.31. The normalized spacial score (nSPS) is 52.0. The first-order valence-electron chi connectivity index (χ1n) is 8.22. The van der Waals surface area contributed by atoms with Crippen molar-refractivity contribution in [2.75, 3.05) is 13.2 Å². The zero-order chi connectivity index (χ0) is 17.5. The van der Waals surface area contributed by atoms with Crippen LogP contribution >= 0.6 is 0 Å². The first kappa shape index (κ1) is 16.2. The molecule has 4 aliphatic rings. The van der Waals surface area contributed by atoms with Crippen molar-refractivity contribution in [2.45, 2.75) is 57.2 Å². The van der Waals surface area contributed by atoms with E-state index in [-0.39, 0.29) is 5.78 Å². The van der Waals surface area contributed by atoms with Crippen LogP contribution in [0.5, 0.6) is 0 Å². The number of aliphatic hydroxyl groups is 2. The number of esters is 1. The van der Waals surface area contributed by atoms with E-state index >= 15 is 0 Å². The van der Waals surface area contributed by atoms with Gasteiger partial charge in [0, 0.05) is 12.3 Å². The Bertz CT molecular complexity index is 651. The number of hydrogen-bond acceptors (Lipinski definition) is 7. The average Bonchev–Trinajstić information content (AvgIpc) is 3.27. The molecule has 3 fully saturated rings. The van der Waals surface area contributed by atoms with Crippen LogP contribution in [0.25, 0.3) is 0 Å². The average molecular weight is 338 g/mol. The number of fused-ring (bicyclic) bond motifs is 2. The number of rotatable bonds is 2. The minimum atomic E-state index is -1.18. The topological polar surface area (TPSA) is 106 Å². The van der Waals surface area contributed by atoms with Crippen molar-refractivity contribution in [3.05, 3.63) is 11.6 Å². The third-order valence-electron chi connectivity index (χ3n) is 6.69. The molecule has 0 aromatic rings. The Morgan fingerprint density at radius 2 is 2.17 bits per heavy atom. The smallest absolute Gasteiger partial charge is 0.303 e. The van der Waals surface area contributed by atoms with Gasteiger partial charge < -0.3 is 24.4 Å². The fraction of sp³-hybridized carbons (Fsp3) is 0.765. The lowest BCUT2D eigenvalue weighted by Crippen LogP contribution is -2.71. The second-order valence-corrected chi connectivity index (χ2v) is 7.66. The molecule has 0 aromatic heterocycles. The molecular formula is C17H22O7. The maximum atomic E-state index is 12.8. The monoisotopic (exact) mass is 338 g/mol. The maximum absolute atomic E-state index is 12.8. The number of ether oxygens (including phenoxy) is 3. The number of Topliss-reactive ketones (excluding diaryl/α,β-unsaturated/α-hetero) is 1. The minimum absolute atomic E-state index is 0.312. The second-order valence-electron chi connectivity index (χ2n) is 7.66. The van der Waals surface area contributed by atoms with E-state index in [1.165, 1.54) is 6.92 Å². The van der Waals surface area contributed by atoms with Gasteiger partial charge in [0.25, 0.3) is 0 Å². The Labute approximate surface area is 139 Å². The van der Waals surface area contributed by atoms with Crippen molar-refractivity contribution in [3.8, 4) is 0 Å². The van der Waals surface area contributed by atoms with Gasteiger partial charge in [-0.15, -0.1) is 0 Å². The summed E-state index contributed by atoms with van der Waals surface area (Å²) in [6, 6.07) is 0. The van der Waals surface area contributed by atoms with E-state index in [1.807, 2.05) is 6.92 Å². The van der Waals surface area contributed by atoms with Crippen LogP contribution in [-0.2, 0) is 23.8 Å². The second kappa shape index (κ2) is 4.66. The van der Waals surface area contributed by atoms with Crippen molar-refractivity contribution in [3.63, 3.8) is 0 Å². The Morgan fingerprint density at radius 1 is 1.50 bits per heavy atom. The highest BCUT2D eigenvalue weighted by Crippen LogP contribution is 2.71. The Hall–Kier alpha value is -1.28. The van der Waals surface area contributed by atoms with Crippen LogP contribution in [0.15, 0.2) is 11.6 Å². The van der Waals surface area contributed by atoms with Crippen molar-refractivity contribution in [1.29, 1.82) is 0 Å². The van der Waals surface area contributed by atoms with Gasteiger partial charge in [-0.05, 0) is 25.0 Å². The molecule has 1 saturated carbocycles. The fourth-order valence-electron chi connectivity index (χ4n) is 5.31. The molecule has 4 rings (SSSR count). The summed E-state index contributed by atoms with van der Waals surface area (Å²) >= 11 is 0.